The Morgan fingerprint density at radius 2 is 1.65 bits per heavy atom. The molecule has 0 radical (unpaired) electrons. The molecule has 1 heterocycles. The molecule has 2 fully saturated rings. The van der Waals surface area contributed by atoms with E-state index in [4.69, 9.17) is 4.74 Å². The van der Waals surface area contributed by atoms with E-state index in [9.17, 15) is 5.11 Å². The molecule has 0 spiro atoms. The Morgan fingerprint density at radius 3 is 2.25 bits per heavy atom. The maximum absolute atomic E-state index is 10.1. The second-order valence-electron chi connectivity index (χ2n) is 6.60. The first-order valence-corrected chi connectivity index (χ1v) is 8.41. The molecule has 0 unspecified atom stereocenters. The quantitative estimate of drug-likeness (QED) is 0.803. The van der Waals surface area contributed by atoms with Crippen LogP contribution in [-0.2, 0) is 4.74 Å². The molecule has 4 nitrogen and oxygen atoms in total. The van der Waals surface area contributed by atoms with Crippen molar-refractivity contribution < 1.29 is 9.84 Å². The van der Waals surface area contributed by atoms with Crippen LogP contribution in [0.15, 0.2) is 0 Å². The molecule has 1 saturated carbocycles. The van der Waals surface area contributed by atoms with Crippen LogP contribution in [0, 0.1) is 5.92 Å². The normalized spacial score (nSPS) is 31.4. The van der Waals surface area contributed by atoms with Crippen molar-refractivity contribution in [2.75, 3.05) is 45.9 Å². The lowest BCUT2D eigenvalue weighted by atomic mass is 9.89. The summed E-state index contributed by atoms with van der Waals surface area (Å²) in [5, 5.41) is 10.1. The van der Waals surface area contributed by atoms with Gasteiger partial charge in [0.05, 0.1) is 18.8 Å². The standard InChI is InChI=1S/C16H32N2O2/c1-3-17-8-10-18(11-9-17)12-15(19)13-20-16-6-4-14(2)5-7-16/h14-16,19H,3-13H2,1-2H3/t14?,15-,16?/m1/s1. The zero-order valence-corrected chi connectivity index (χ0v) is 13.3. The Bertz CT molecular complexity index is 259. The van der Waals surface area contributed by atoms with Gasteiger partial charge in [-0.05, 0) is 38.1 Å². The minimum absolute atomic E-state index is 0.331. The van der Waals surface area contributed by atoms with Crippen LogP contribution in [0.5, 0.6) is 0 Å². The molecule has 118 valence electrons. The summed E-state index contributed by atoms with van der Waals surface area (Å²) in [5.74, 6) is 0.856. The lowest BCUT2D eigenvalue weighted by molar-refractivity contribution is -0.0406. The Morgan fingerprint density at radius 1 is 1.05 bits per heavy atom. The van der Waals surface area contributed by atoms with Crippen molar-refractivity contribution in [3.63, 3.8) is 0 Å². The maximum atomic E-state index is 10.1. The highest BCUT2D eigenvalue weighted by molar-refractivity contribution is 4.74. The van der Waals surface area contributed by atoms with Gasteiger partial charge in [-0.15, -0.1) is 0 Å². The van der Waals surface area contributed by atoms with Gasteiger partial charge in [0, 0.05) is 32.7 Å². The van der Waals surface area contributed by atoms with Crippen LogP contribution in [-0.4, -0.2) is 73.0 Å². The van der Waals surface area contributed by atoms with E-state index in [0.29, 0.717) is 12.7 Å². The summed E-state index contributed by atoms with van der Waals surface area (Å²) >= 11 is 0. The fourth-order valence-electron chi connectivity index (χ4n) is 3.28. The predicted octanol–water partition coefficient (Wildman–Crippen LogP) is 1.58. The van der Waals surface area contributed by atoms with Crippen LogP contribution in [0.3, 0.4) is 0 Å². The van der Waals surface area contributed by atoms with Crippen molar-refractivity contribution in [3.05, 3.63) is 0 Å². The molecule has 0 bridgehead atoms. The summed E-state index contributed by atoms with van der Waals surface area (Å²) in [6.07, 6.45) is 4.95. The number of aliphatic hydroxyl groups excluding tert-OH is 1. The van der Waals surface area contributed by atoms with Crippen molar-refractivity contribution >= 4 is 0 Å². The van der Waals surface area contributed by atoms with Crippen molar-refractivity contribution in [1.29, 1.82) is 0 Å². The summed E-state index contributed by atoms with van der Waals surface area (Å²) in [5.41, 5.74) is 0. The number of piperazine rings is 1. The topological polar surface area (TPSA) is 35.9 Å². The largest absolute Gasteiger partial charge is 0.389 e. The summed E-state index contributed by atoms with van der Waals surface area (Å²) in [6.45, 7) is 11.4. The van der Waals surface area contributed by atoms with E-state index >= 15 is 0 Å². The number of nitrogens with zero attached hydrogens (tertiary/aromatic N) is 2. The predicted molar refractivity (Wildman–Crippen MR) is 81.9 cm³/mol. The number of likely N-dealkylation sites (N-methyl/N-ethyl adjacent to an activating group) is 1. The summed E-state index contributed by atoms with van der Waals surface area (Å²) in [7, 11) is 0. The summed E-state index contributed by atoms with van der Waals surface area (Å²) in [6, 6.07) is 0. The second kappa shape index (κ2) is 8.32. The molecule has 0 aromatic rings. The molecular formula is C16H32N2O2. The van der Waals surface area contributed by atoms with Crippen LogP contribution < -0.4 is 0 Å². The van der Waals surface area contributed by atoms with Crippen LogP contribution in [0.2, 0.25) is 0 Å². The Balaban J connectivity index is 1.57. The number of β-amino-alcohol motifs (C(OH)–C–C–N with tert-alkyl or cyclic N) is 1. The van der Waals surface area contributed by atoms with E-state index in [0.717, 1.165) is 45.2 Å². The third kappa shape index (κ3) is 5.32. The fraction of sp³-hybridized carbons (Fsp3) is 1.00. The van der Waals surface area contributed by atoms with Gasteiger partial charge in [0.15, 0.2) is 0 Å². The van der Waals surface area contributed by atoms with Gasteiger partial charge >= 0.3 is 0 Å². The number of aliphatic hydroxyl groups is 1. The summed E-state index contributed by atoms with van der Waals surface area (Å²) in [4.78, 5) is 4.83. The molecule has 2 aliphatic rings. The second-order valence-corrected chi connectivity index (χ2v) is 6.60. The Labute approximate surface area is 124 Å². The number of hydrogen-bond donors (Lipinski definition) is 1. The van der Waals surface area contributed by atoms with Gasteiger partial charge in [0.1, 0.15) is 0 Å². The molecular weight excluding hydrogens is 252 g/mol. The Hall–Kier alpha value is -0.160. The van der Waals surface area contributed by atoms with Crippen LogP contribution in [0.4, 0.5) is 0 Å². The summed E-state index contributed by atoms with van der Waals surface area (Å²) < 4.78 is 5.89. The molecule has 1 aliphatic heterocycles. The SMILES string of the molecule is CCN1CCN(C[C@@H](O)COC2CCC(C)CC2)CC1. The minimum atomic E-state index is -0.331. The molecule has 1 N–H and O–H groups in total. The zero-order valence-electron chi connectivity index (χ0n) is 13.3. The number of rotatable bonds is 6. The van der Waals surface area contributed by atoms with E-state index in [1.165, 1.54) is 25.7 Å². The molecule has 0 amide bonds. The van der Waals surface area contributed by atoms with Crippen molar-refractivity contribution in [2.24, 2.45) is 5.92 Å². The van der Waals surface area contributed by atoms with Gasteiger partial charge in [-0.2, -0.15) is 0 Å². The van der Waals surface area contributed by atoms with Crippen molar-refractivity contribution in [2.45, 2.75) is 51.7 Å². The monoisotopic (exact) mass is 284 g/mol. The average molecular weight is 284 g/mol. The van der Waals surface area contributed by atoms with Gasteiger partial charge in [-0.3, -0.25) is 4.90 Å². The molecule has 2 rings (SSSR count). The van der Waals surface area contributed by atoms with Crippen molar-refractivity contribution in [3.8, 4) is 0 Å². The highest BCUT2D eigenvalue weighted by atomic mass is 16.5. The van der Waals surface area contributed by atoms with E-state index < -0.39 is 0 Å². The van der Waals surface area contributed by atoms with Gasteiger partial charge in [-0.1, -0.05) is 13.8 Å². The van der Waals surface area contributed by atoms with Gasteiger partial charge in [0.25, 0.3) is 0 Å². The third-order valence-electron chi connectivity index (χ3n) is 4.87. The van der Waals surface area contributed by atoms with Crippen molar-refractivity contribution in [1.82, 2.24) is 9.80 Å². The highest BCUT2D eigenvalue weighted by Gasteiger charge is 2.21. The van der Waals surface area contributed by atoms with Crippen LogP contribution >= 0.6 is 0 Å². The minimum Gasteiger partial charge on any atom is -0.389 e. The fourth-order valence-corrected chi connectivity index (χ4v) is 3.28. The van der Waals surface area contributed by atoms with Crippen LogP contribution in [0.25, 0.3) is 0 Å². The maximum Gasteiger partial charge on any atom is 0.0900 e. The van der Waals surface area contributed by atoms with E-state index in [1.54, 1.807) is 0 Å². The molecule has 0 aromatic carbocycles. The van der Waals surface area contributed by atoms with Gasteiger partial charge in [-0.25, -0.2) is 0 Å². The van der Waals surface area contributed by atoms with E-state index in [1.807, 2.05) is 0 Å². The molecule has 1 saturated heterocycles. The molecule has 1 aliphatic carbocycles. The first-order chi connectivity index (χ1) is 9.67. The van der Waals surface area contributed by atoms with E-state index in [2.05, 4.69) is 23.6 Å². The number of ether oxygens (including phenoxy) is 1. The van der Waals surface area contributed by atoms with Gasteiger partial charge in [0.2, 0.25) is 0 Å². The molecule has 20 heavy (non-hydrogen) atoms. The average Bonchev–Trinajstić information content (AvgIpc) is 2.47. The highest BCUT2D eigenvalue weighted by Crippen LogP contribution is 2.25. The first-order valence-electron chi connectivity index (χ1n) is 8.41. The first kappa shape index (κ1) is 16.2. The molecule has 4 heteroatoms. The van der Waals surface area contributed by atoms with Gasteiger partial charge < -0.3 is 14.7 Å². The third-order valence-corrected chi connectivity index (χ3v) is 4.87. The Kier molecular flexibility index (Phi) is 6.75. The number of hydrogen-bond acceptors (Lipinski definition) is 4. The lowest BCUT2D eigenvalue weighted by Crippen LogP contribution is -2.49. The molecule has 1 atom stereocenters. The van der Waals surface area contributed by atoms with E-state index in [-0.39, 0.29) is 6.10 Å². The molecule has 0 aromatic heterocycles. The zero-order chi connectivity index (χ0) is 14.4. The lowest BCUT2D eigenvalue weighted by Gasteiger charge is -2.35. The smallest absolute Gasteiger partial charge is 0.0900 e. The van der Waals surface area contributed by atoms with Crippen LogP contribution in [0.1, 0.15) is 39.5 Å².